The minimum Gasteiger partial charge on any atom is -0.392 e. The van der Waals surface area contributed by atoms with Crippen molar-refractivity contribution >= 4 is 5.82 Å². The fourth-order valence-electron chi connectivity index (χ4n) is 2.75. The van der Waals surface area contributed by atoms with Gasteiger partial charge in [-0.15, -0.1) is 0 Å². The topological polar surface area (TPSA) is 59.1 Å². The average molecular weight is 298 g/mol. The summed E-state index contributed by atoms with van der Waals surface area (Å²) in [7, 11) is 0. The normalized spacial score (nSPS) is 10.9. The maximum Gasteiger partial charge on any atom is 0.126 e. The Labute approximate surface area is 133 Å². The number of anilines is 1. The Morgan fingerprint density at radius 3 is 2.45 bits per heavy atom. The third-order valence-electron chi connectivity index (χ3n) is 4.15. The van der Waals surface area contributed by atoms with Crippen molar-refractivity contribution < 1.29 is 5.11 Å². The van der Waals surface area contributed by atoms with Crippen LogP contribution in [0.2, 0.25) is 0 Å². The third kappa shape index (κ3) is 4.08. The van der Waals surface area contributed by atoms with E-state index in [-0.39, 0.29) is 6.61 Å². The van der Waals surface area contributed by atoms with Gasteiger partial charge in [-0.25, -0.2) is 4.98 Å². The fourth-order valence-corrected chi connectivity index (χ4v) is 2.75. The number of aliphatic hydroxyl groups excluding tert-OH is 1. The molecule has 118 valence electrons. The molecule has 0 saturated carbocycles. The molecule has 0 unspecified atom stereocenters. The summed E-state index contributed by atoms with van der Waals surface area (Å²) in [6.07, 6.45) is 5.35. The molecule has 0 spiro atoms. The minimum absolute atomic E-state index is 0.0704. The van der Waals surface area contributed by atoms with Gasteiger partial charge in [0.25, 0.3) is 0 Å². The van der Waals surface area contributed by atoms with E-state index in [0.29, 0.717) is 5.82 Å². The Bertz CT molecular complexity index is 623. The predicted molar refractivity (Wildman–Crippen MR) is 91.8 cm³/mol. The zero-order valence-electron chi connectivity index (χ0n) is 13.6. The molecule has 0 saturated heterocycles. The summed E-state index contributed by atoms with van der Waals surface area (Å²) in [6.45, 7) is 4.28. The first-order chi connectivity index (χ1) is 10.7. The van der Waals surface area contributed by atoms with Crippen LogP contribution >= 0.6 is 0 Å². The molecule has 0 atom stereocenters. The Balaban J connectivity index is 2.24. The van der Waals surface area contributed by atoms with Gasteiger partial charge in [0.2, 0.25) is 0 Å². The number of nitrogen functional groups attached to an aromatic ring is 1. The van der Waals surface area contributed by atoms with Gasteiger partial charge in [-0.3, -0.25) is 0 Å². The van der Waals surface area contributed by atoms with Gasteiger partial charge >= 0.3 is 0 Å². The summed E-state index contributed by atoms with van der Waals surface area (Å²) in [4.78, 5) is 4.52. The smallest absolute Gasteiger partial charge is 0.126 e. The van der Waals surface area contributed by atoms with Crippen LogP contribution in [-0.2, 0) is 19.4 Å². The molecule has 0 aliphatic rings. The second kappa shape index (κ2) is 7.95. The number of nitrogens with two attached hydrogens (primary N) is 1. The molecule has 2 aromatic rings. The summed E-state index contributed by atoms with van der Waals surface area (Å²) < 4.78 is 0. The molecule has 0 radical (unpaired) electrons. The van der Waals surface area contributed by atoms with Crippen LogP contribution in [0.1, 0.15) is 54.1 Å². The molecule has 3 nitrogen and oxygen atoms in total. The number of aromatic nitrogens is 1. The molecule has 0 fully saturated rings. The highest BCUT2D eigenvalue weighted by molar-refractivity contribution is 5.45. The maximum absolute atomic E-state index is 9.47. The van der Waals surface area contributed by atoms with Crippen LogP contribution in [-0.4, -0.2) is 10.1 Å². The predicted octanol–water partition coefficient (Wildman–Crippen LogP) is 3.79. The molecule has 0 aliphatic heterocycles. The van der Waals surface area contributed by atoms with Gasteiger partial charge in [0, 0.05) is 5.69 Å². The van der Waals surface area contributed by atoms with Crippen molar-refractivity contribution in [3.63, 3.8) is 0 Å². The van der Waals surface area contributed by atoms with Crippen molar-refractivity contribution in [2.24, 2.45) is 0 Å². The Hall–Kier alpha value is -1.87. The average Bonchev–Trinajstić information content (AvgIpc) is 2.52. The Morgan fingerprint density at radius 1 is 1.05 bits per heavy atom. The molecule has 22 heavy (non-hydrogen) atoms. The van der Waals surface area contributed by atoms with E-state index in [1.807, 2.05) is 25.1 Å². The molecule has 0 amide bonds. The summed E-state index contributed by atoms with van der Waals surface area (Å²) >= 11 is 0. The van der Waals surface area contributed by atoms with E-state index in [2.05, 4.69) is 24.0 Å². The van der Waals surface area contributed by atoms with Crippen molar-refractivity contribution in [3.05, 3.63) is 58.3 Å². The summed E-state index contributed by atoms with van der Waals surface area (Å²) in [6, 6.07) is 10.2. The highest BCUT2D eigenvalue weighted by atomic mass is 16.3. The lowest BCUT2D eigenvalue weighted by molar-refractivity contribution is 0.281. The zero-order chi connectivity index (χ0) is 15.9. The molecule has 3 heteroatoms. The molecule has 1 aromatic heterocycles. The third-order valence-corrected chi connectivity index (χ3v) is 4.15. The van der Waals surface area contributed by atoms with Crippen LogP contribution in [0, 0.1) is 6.92 Å². The zero-order valence-corrected chi connectivity index (χ0v) is 13.6. The lowest BCUT2D eigenvalue weighted by Crippen LogP contribution is -2.05. The van der Waals surface area contributed by atoms with Crippen LogP contribution in [0.25, 0.3) is 0 Å². The van der Waals surface area contributed by atoms with Gasteiger partial charge in [-0.05, 0) is 48.4 Å². The summed E-state index contributed by atoms with van der Waals surface area (Å²) in [5.74, 6) is 0.660. The number of pyridine rings is 1. The first-order valence-electron chi connectivity index (χ1n) is 8.08. The Morgan fingerprint density at radius 2 is 1.77 bits per heavy atom. The summed E-state index contributed by atoms with van der Waals surface area (Å²) in [5.41, 5.74) is 11.5. The van der Waals surface area contributed by atoms with E-state index < -0.39 is 0 Å². The van der Waals surface area contributed by atoms with Gasteiger partial charge in [-0.1, -0.05) is 50.1 Å². The molecule has 1 heterocycles. The van der Waals surface area contributed by atoms with E-state index in [9.17, 15) is 5.11 Å². The van der Waals surface area contributed by atoms with E-state index in [1.54, 1.807) is 0 Å². The number of nitrogens with zero attached hydrogens (tertiary/aromatic N) is 1. The van der Waals surface area contributed by atoms with Crippen LogP contribution < -0.4 is 5.73 Å². The monoisotopic (exact) mass is 298 g/mol. The second-order valence-corrected chi connectivity index (χ2v) is 5.84. The number of hydrogen-bond acceptors (Lipinski definition) is 3. The van der Waals surface area contributed by atoms with Crippen molar-refractivity contribution in [1.29, 1.82) is 0 Å². The quantitative estimate of drug-likeness (QED) is 0.765. The number of hydrogen-bond donors (Lipinski definition) is 2. The summed E-state index contributed by atoms with van der Waals surface area (Å²) in [5, 5.41) is 9.47. The van der Waals surface area contributed by atoms with Crippen LogP contribution in [0.5, 0.6) is 0 Å². The van der Waals surface area contributed by atoms with Crippen LogP contribution in [0.15, 0.2) is 30.3 Å². The van der Waals surface area contributed by atoms with Crippen molar-refractivity contribution in [2.75, 3.05) is 5.73 Å². The maximum atomic E-state index is 9.47. The largest absolute Gasteiger partial charge is 0.392 e. The molecule has 0 aliphatic carbocycles. The van der Waals surface area contributed by atoms with Crippen molar-refractivity contribution in [3.8, 4) is 0 Å². The number of aliphatic hydroxyl groups is 1. The minimum atomic E-state index is 0.0704. The van der Waals surface area contributed by atoms with Gasteiger partial charge in [0.1, 0.15) is 5.82 Å². The van der Waals surface area contributed by atoms with Gasteiger partial charge < -0.3 is 10.8 Å². The van der Waals surface area contributed by atoms with E-state index in [1.165, 1.54) is 18.4 Å². The molecular formula is C19H26N2O. The number of rotatable bonds is 7. The Kier molecular flexibility index (Phi) is 5.96. The molecule has 2 rings (SSSR count). The molecule has 3 N–H and O–H groups in total. The fraction of sp³-hybridized carbons (Fsp3) is 0.421. The first kappa shape index (κ1) is 16.5. The highest BCUT2D eigenvalue weighted by Gasteiger charge is 2.09. The van der Waals surface area contributed by atoms with E-state index >= 15 is 0 Å². The SMILES string of the molecule is CCCCCc1cc(Cc2ccccc2CO)c(C)nc1N. The molecular weight excluding hydrogens is 272 g/mol. The van der Waals surface area contributed by atoms with Crippen LogP contribution in [0.3, 0.4) is 0 Å². The van der Waals surface area contributed by atoms with E-state index in [4.69, 9.17) is 5.73 Å². The van der Waals surface area contributed by atoms with Crippen LogP contribution in [0.4, 0.5) is 5.82 Å². The second-order valence-electron chi connectivity index (χ2n) is 5.84. The highest BCUT2D eigenvalue weighted by Crippen LogP contribution is 2.21. The van der Waals surface area contributed by atoms with Gasteiger partial charge in [0.15, 0.2) is 0 Å². The standard InChI is InChI=1S/C19H26N2O/c1-3-4-5-9-16-12-18(14(2)21-19(16)20)11-15-8-6-7-10-17(15)13-22/h6-8,10,12,22H,3-5,9,11,13H2,1-2H3,(H2,20,21). The number of benzene rings is 1. The van der Waals surface area contributed by atoms with Gasteiger partial charge in [0.05, 0.1) is 6.61 Å². The molecule has 1 aromatic carbocycles. The molecule has 0 bridgehead atoms. The van der Waals surface area contributed by atoms with Crippen molar-refractivity contribution in [2.45, 2.75) is 52.6 Å². The van der Waals surface area contributed by atoms with Gasteiger partial charge in [-0.2, -0.15) is 0 Å². The first-order valence-corrected chi connectivity index (χ1v) is 8.08. The lowest BCUT2D eigenvalue weighted by Gasteiger charge is -2.13. The lowest BCUT2D eigenvalue weighted by atomic mass is 9.97. The number of aryl methyl sites for hydroxylation is 2. The van der Waals surface area contributed by atoms with E-state index in [0.717, 1.165) is 41.6 Å². The number of unbranched alkanes of at least 4 members (excludes halogenated alkanes) is 2. The van der Waals surface area contributed by atoms with Crippen molar-refractivity contribution in [1.82, 2.24) is 4.98 Å².